The van der Waals surface area contributed by atoms with Gasteiger partial charge in [0.25, 0.3) is 5.91 Å². The molecule has 4 nitrogen and oxygen atoms in total. The fourth-order valence-corrected chi connectivity index (χ4v) is 2.44. The van der Waals surface area contributed by atoms with Gasteiger partial charge < -0.3 is 10.1 Å². The minimum atomic E-state index is -1.26. The summed E-state index contributed by atoms with van der Waals surface area (Å²) < 4.78 is 32.0. The van der Waals surface area contributed by atoms with Gasteiger partial charge in [-0.15, -0.1) is 0 Å². The van der Waals surface area contributed by atoms with E-state index >= 15 is 0 Å². The summed E-state index contributed by atoms with van der Waals surface area (Å²) in [7, 11) is 0. The molecule has 1 saturated carbocycles. The molecule has 0 aliphatic heterocycles. The van der Waals surface area contributed by atoms with Crippen LogP contribution in [0, 0.1) is 11.8 Å². The quantitative estimate of drug-likeness (QED) is 0.649. The third-order valence-electron chi connectivity index (χ3n) is 3.60. The maximum absolute atomic E-state index is 13.3. The van der Waals surface area contributed by atoms with Crippen molar-refractivity contribution in [2.24, 2.45) is 0 Å². The van der Waals surface area contributed by atoms with E-state index in [2.05, 4.69) is 10.3 Å². The Bertz CT molecular complexity index is 477. The molecule has 0 spiro atoms. The molecule has 1 aromatic heterocycles. The van der Waals surface area contributed by atoms with Gasteiger partial charge >= 0.3 is 0 Å². The molecule has 116 valence electrons. The lowest BCUT2D eigenvalue weighted by molar-refractivity contribution is 0.0273. The number of pyridine rings is 1. The van der Waals surface area contributed by atoms with Gasteiger partial charge in [-0.1, -0.05) is 19.3 Å². The second kappa shape index (κ2) is 8.02. The van der Waals surface area contributed by atoms with Crippen LogP contribution in [-0.4, -0.2) is 30.1 Å². The third-order valence-corrected chi connectivity index (χ3v) is 3.60. The monoisotopic (exact) mass is 298 g/mol. The lowest BCUT2D eigenvalue weighted by atomic mass is 9.98. The standard InChI is InChI=1S/C15H20F2N2O2/c16-13-12(7-9-18-14(13)17)15(20)19-8-4-10-21-11-5-2-1-3-6-11/h7,9,11H,1-6,8,10H2,(H,19,20). The van der Waals surface area contributed by atoms with Crippen molar-refractivity contribution in [3.8, 4) is 0 Å². The minimum absolute atomic E-state index is 0.323. The first-order chi connectivity index (χ1) is 10.2. The zero-order valence-electron chi connectivity index (χ0n) is 11.9. The number of rotatable bonds is 6. The van der Waals surface area contributed by atoms with Crippen LogP contribution in [0.2, 0.25) is 0 Å². The molecular formula is C15H20F2N2O2. The Balaban J connectivity index is 1.66. The Morgan fingerprint density at radius 3 is 2.86 bits per heavy atom. The molecule has 21 heavy (non-hydrogen) atoms. The molecule has 0 atom stereocenters. The summed E-state index contributed by atoms with van der Waals surface area (Å²) in [6.45, 7) is 0.938. The Morgan fingerprint density at radius 2 is 2.10 bits per heavy atom. The van der Waals surface area contributed by atoms with E-state index in [1.165, 1.54) is 19.3 Å². The van der Waals surface area contributed by atoms with Crippen LogP contribution in [0.3, 0.4) is 0 Å². The van der Waals surface area contributed by atoms with Gasteiger partial charge in [-0.25, -0.2) is 9.37 Å². The van der Waals surface area contributed by atoms with Crippen LogP contribution in [0.4, 0.5) is 8.78 Å². The molecule has 2 rings (SSSR count). The van der Waals surface area contributed by atoms with Crippen LogP contribution in [0.15, 0.2) is 12.3 Å². The Labute approximate surface area is 122 Å². The fourth-order valence-electron chi connectivity index (χ4n) is 2.44. The van der Waals surface area contributed by atoms with Gasteiger partial charge in [0, 0.05) is 19.3 Å². The number of carbonyl (C=O) groups is 1. The molecule has 0 aromatic carbocycles. The van der Waals surface area contributed by atoms with Gasteiger partial charge in [0.15, 0.2) is 5.82 Å². The Kier molecular flexibility index (Phi) is 6.04. The van der Waals surface area contributed by atoms with Crippen molar-refractivity contribution in [1.29, 1.82) is 0 Å². The van der Waals surface area contributed by atoms with Crippen LogP contribution >= 0.6 is 0 Å². The molecule has 1 N–H and O–H groups in total. The molecule has 1 aromatic rings. The first-order valence-electron chi connectivity index (χ1n) is 7.38. The Hall–Kier alpha value is -1.56. The summed E-state index contributed by atoms with van der Waals surface area (Å²) in [6.07, 6.45) is 7.98. The average Bonchev–Trinajstić information content (AvgIpc) is 2.50. The van der Waals surface area contributed by atoms with E-state index in [1.807, 2.05) is 0 Å². The van der Waals surface area contributed by atoms with Gasteiger partial charge in [-0.2, -0.15) is 4.39 Å². The molecule has 1 amide bonds. The number of hydrogen-bond donors (Lipinski definition) is 1. The van der Waals surface area contributed by atoms with E-state index < -0.39 is 17.7 Å². The summed E-state index contributed by atoms with van der Waals surface area (Å²) in [5.74, 6) is -3.11. The zero-order chi connectivity index (χ0) is 15.1. The minimum Gasteiger partial charge on any atom is -0.378 e. The number of hydrogen-bond acceptors (Lipinski definition) is 3. The van der Waals surface area contributed by atoms with Crippen LogP contribution in [0.5, 0.6) is 0 Å². The van der Waals surface area contributed by atoms with Gasteiger partial charge in [-0.3, -0.25) is 4.79 Å². The smallest absolute Gasteiger partial charge is 0.254 e. The molecule has 0 radical (unpaired) electrons. The van der Waals surface area contributed by atoms with Gasteiger partial charge in [0.2, 0.25) is 5.95 Å². The fraction of sp³-hybridized carbons (Fsp3) is 0.600. The first kappa shape index (κ1) is 15.8. The van der Waals surface area contributed by atoms with Crippen LogP contribution in [0.25, 0.3) is 0 Å². The van der Waals surface area contributed by atoms with Crippen molar-refractivity contribution in [1.82, 2.24) is 10.3 Å². The van der Waals surface area contributed by atoms with Crippen molar-refractivity contribution in [2.45, 2.75) is 44.6 Å². The molecule has 0 bridgehead atoms. The number of aromatic nitrogens is 1. The number of ether oxygens (including phenoxy) is 1. The molecule has 1 aliphatic rings. The third kappa shape index (κ3) is 4.74. The molecule has 1 aliphatic carbocycles. The van der Waals surface area contributed by atoms with Crippen LogP contribution < -0.4 is 5.32 Å². The predicted octanol–water partition coefficient (Wildman–Crippen LogP) is 2.83. The summed E-state index contributed by atoms with van der Waals surface area (Å²) in [4.78, 5) is 14.8. The molecule has 6 heteroatoms. The number of carbonyl (C=O) groups excluding carboxylic acids is 1. The average molecular weight is 298 g/mol. The van der Waals surface area contributed by atoms with Crippen molar-refractivity contribution < 1.29 is 18.3 Å². The predicted molar refractivity (Wildman–Crippen MR) is 73.9 cm³/mol. The van der Waals surface area contributed by atoms with E-state index in [1.54, 1.807) is 0 Å². The second-order valence-electron chi connectivity index (χ2n) is 5.20. The van der Waals surface area contributed by atoms with Gasteiger partial charge in [0.1, 0.15) is 0 Å². The van der Waals surface area contributed by atoms with E-state index in [0.717, 1.165) is 25.1 Å². The van der Waals surface area contributed by atoms with E-state index in [4.69, 9.17) is 4.74 Å². The SMILES string of the molecule is O=C(NCCCOC1CCCCC1)c1ccnc(F)c1F. The highest BCUT2D eigenvalue weighted by molar-refractivity contribution is 5.94. The maximum atomic E-state index is 13.3. The number of amides is 1. The lowest BCUT2D eigenvalue weighted by Gasteiger charge is -2.21. The topological polar surface area (TPSA) is 51.2 Å². The molecule has 0 saturated heterocycles. The molecule has 1 heterocycles. The summed E-state index contributed by atoms with van der Waals surface area (Å²) >= 11 is 0. The number of nitrogens with one attached hydrogen (secondary N) is 1. The second-order valence-corrected chi connectivity index (χ2v) is 5.20. The highest BCUT2D eigenvalue weighted by atomic mass is 19.2. The normalized spacial score (nSPS) is 15.9. The molecular weight excluding hydrogens is 278 g/mol. The molecule has 0 unspecified atom stereocenters. The summed E-state index contributed by atoms with van der Waals surface area (Å²) in [6, 6.07) is 1.16. The van der Waals surface area contributed by atoms with Crippen molar-refractivity contribution >= 4 is 5.91 Å². The highest BCUT2D eigenvalue weighted by Crippen LogP contribution is 2.20. The summed E-state index contributed by atoms with van der Waals surface area (Å²) in [5.41, 5.74) is -0.323. The van der Waals surface area contributed by atoms with Crippen molar-refractivity contribution in [3.05, 3.63) is 29.6 Å². The highest BCUT2D eigenvalue weighted by Gasteiger charge is 2.16. The van der Waals surface area contributed by atoms with Crippen molar-refractivity contribution in [2.75, 3.05) is 13.2 Å². The van der Waals surface area contributed by atoms with E-state index in [9.17, 15) is 13.6 Å². The first-order valence-corrected chi connectivity index (χ1v) is 7.38. The Morgan fingerprint density at radius 1 is 1.33 bits per heavy atom. The zero-order valence-corrected chi connectivity index (χ0v) is 11.9. The van der Waals surface area contributed by atoms with Gasteiger partial charge in [0.05, 0.1) is 11.7 Å². The summed E-state index contributed by atoms with van der Waals surface area (Å²) in [5, 5.41) is 2.55. The van der Waals surface area contributed by atoms with Crippen molar-refractivity contribution in [3.63, 3.8) is 0 Å². The maximum Gasteiger partial charge on any atom is 0.254 e. The van der Waals surface area contributed by atoms with E-state index in [0.29, 0.717) is 25.7 Å². The van der Waals surface area contributed by atoms with Crippen LogP contribution in [-0.2, 0) is 4.74 Å². The number of halogens is 2. The lowest BCUT2D eigenvalue weighted by Crippen LogP contribution is -2.27. The number of nitrogens with zero attached hydrogens (tertiary/aromatic N) is 1. The van der Waals surface area contributed by atoms with Gasteiger partial charge in [-0.05, 0) is 25.3 Å². The largest absolute Gasteiger partial charge is 0.378 e. The van der Waals surface area contributed by atoms with E-state index in [-0.39, 0.29) is 5.56 Å². The molecule has 1 fully saturated rings. The van der Waals surface area contributed by atoms with Crippen LogP contribution in [0.1, 0.15) is 48.9 Å².